The lowest BCUT2D eigenvalue weighted by atomic mass is 9.86. The number of carbonyl (C=O) groups excluding carboxylic acids is 2. The van der Waals surface area contributed by atoms with Crippen molar-refractivity contribution in [2.75, 3.05) is 38.8 Å². The number of pyridine rings is 2. The SMILES string of the molecule is COc1ccc([C@H](Cc2c(Cl)cncc2Cl)OC(=O)c2ccc(CN(C(=O)O[C@H]3CN4CCC3CC4)c3c[nH]ccc3=O)cc2)cc1OC. The maximum atomic E-state index is 13.6. The average molecular weight is 708 g/mol. The van der Waals surface area contributed by atoms with E-state index in [1.54, 1.807) is 42.5 Å². The Morgan fingerprint density at radius 3 is 2.35 bits per heavy atom. The van der Waals surface area contributed by atoms with Gasteiger partial charge in [0.2, 0.25) is 5.43 Å². The fraction of sp³-hybridized carbons (Fsp3) is 0.333. The smallest absolute Gasteiger partial charge is 0.415 e. The van der Waals surface area contributed by atoms with Crippen LogP contribution in [0.5, 0.6) is 11.5 Å². The molecule has 2 aromatic carbocycles. The molecule has 3 aliphatic heterocycles. The Kier molecular flexibility index (Phi) is 10.7. The van der Waals surface area contributed by atoms with Crippen LogP contribution in [0.3, 0.4) is 0 Å². The van der Waals surface area contributed by atoms with Crippen LogP contribution in [-0.2, 0) is 22.4 Å². The number of rotatable bonds is 11. The summed E-state index contributed by atoms with van der Waals surface area (Å²) in [5.41, 5.74) is 2.01. The van der Waals surface area contributed by atoms with Crippen molar-refractivity contribution in [1.29, 1.82) is 0 Å². The molecule has 0 saturated carbocycles. The zero-order valence-electron chi connectivity index (χ0n) is 27.1. The van der Waals surface area contributed by atoms with E-state index in [1.807, 2.05) is 0 Å². The normalized spacial score (nSPS) is 18.7. The van der Waals surface area contributed by atoms with Crippen LogP contribution in [0.1, 0.15) is 46.0 Å². The lowest BCUT2D eigenvalue weighted by Gasteiger charge is -2.44. The zero-order valence-corrected chi connectivity index (χ0v) is 28.6. The largest absolute Gasteiger partial charge is 0.493 e. The standard InChI is InChI=1S/C36H36Cl2N4O7/c1-46-31-8-7-25(15-33(31)47-2)32(16-26-27(37)17-40-18-28(26)38)48-35(44)24-5-3-22(4-6-24)20-42(29-19-39-12-9-30(29)43)36(45)49-34-21-41-13-10-23(34)11-14-41/h3-9,12,15,17-19,23,32,34H,10-11,13-14,16,20-21H2,1-2H3,(H,39,43)/t32-,34-/m0/s1. The molecular formula is C36H36Cl2N4O7. The number of methoxy groups -OCH3 is 2. The summed E-state index contributed by atoms with van der Waals surface area (Å²) in [6, 6.07) is 13.3. The number of halogens is 2. The van der Waals surface area contributed by atoms with Gasteiger partial charge in [-0.1, -0.05) is 41.4 Å². The van der Waals surface area contributed by atoms with Crippen LogP contribution in [0.25, 0.3) is 0 Å². The molecule has 13 heteroatoms. The predicted octanol–water partition coefficient (Wildman–Crippen LogP) is 6.47. The number of hydrogen-bond acceptors (Lipinski definition) is 9. The van der Waals surface area contributed by atoms with E-state index in [0.29, 0.717) is 50.7 Å². The van der Waals surface area contributed by atoms with Gasteiger partial charge in [0.05, 0.1) is 36.4 Å². The quantitative estimate of drug-likeness (QED) is 0.175. The Balaban J connectivity index is 1.21. The maximum Gasteiger partial charge on any atom is 0.415 e. The highest BCUT2D eigenvalue weighted by molar-refractivity contribution is 6.35. The van der Waals surface area contributed by atoms with E-state index in [9.17, 15) is 14.4 Å². The van der Waals surface area contributed by atoms with Crippen LogP contribution >= 0.6 is 23.2 Å². The second-order valence-corrected chi connectivity index (χ2v) is 12.8. The Morgan fingerprint density at radius 2 is 1.71 bits per heavy atom. The van der Waals surface area contributed by atoms with Crippen LogP contribution in [-0.4, -0.2) is 66.9 Å². The molecule has 1 N–H and O–H groups in total. The maximum absolute atomic E-state index is 13.6. The van der Waals surface area contributed by atoms with E-state index in [4.69, 9.17) is 42.1 Å². The lowest BCUT2D eigenvalue weighted by molar-refractivity contribution is -0.0311. The molecule has 3 saturated heterocycles. The molecule has 2 aromatic heterocycles. The third-order valence-electron chi connectivity index (χ3n) is 9.06. The van der Waals surface area contributed by atoms with Crippen LogP contribution in [0, 0.1) is 5.92 Å². The molecule has 5 heterocycles. The van der Waals surface area contributed by atoms with Gasteiger partial charge in [-0.3, -0.25) is 19.6 Å². The van der Waals surface area contributed by atoms with E-state index >= 15 is 0 Å². The van der Waals surface area contributed by atoms with Gasteiger partial charge in [-0.25, -0.2) is 9.59 Å². The number of anilines is 1. The molecule has 7 rings (SSSR count). The second-order valence-electron chi connectivity index (χ2n) is 12.0. The van der Waals surface area contributed by atoms with Gasteiger partial charge in [0.1, 0.15) is 17.9 Å². The van der Waals surface area contributed by atoms with Crippen molar-refractivity contribution in [1.82, 2.24) is 14.9 Å². The minimum absolute atomic E-state index is 0.0513. The van der Waals surface area contributed by atoms with Gasteiger partial charge in [-0.05, 0) is 72.8 Å². The van der Waals surface area contributed by atoms with Crippen molar-refractivity contribution in [3.05, 3.63) is 116 Å². The number of carbonyl (C=O) groups is 2. The summed E-state index contributed by atoms with van der Waals surface area (Å²) in [5.74, 6) is 0.701. The minimum atomic E-state index is -0.800. The Morgan fingerprint density at radius 1 is 1.00 bits per heavy atom. The summed E-state index contributed by atoms with van der Waals surface area (Å²) in [6.07, 6.45) is 6.47. The zero-order chi connectivity index (χ0) is 34.5. The topological polar surface area (TPSA) is 123 Å². The summed E-state index contributed by atoms with van der Waals surface area (Å²) in [4.78, 5) is 50.5. The lowest BCUT2D eigenvalue weighted by Crippen LogP contribution is -2.53. The van der Waals surface area contributed by atoms with E-state index < -0.39 is 18.2 Å². The number of H-pyrrole nitrogens is 1. The minimum Gasteiger partial charge on any atom is -0.493 e. The van der Waals surface area contributed by atoms with E-state index in [2.05, 4.69) is 14.9 Å². The monoisotopic (exact) mass is 706 g/mol. The van der Waals surface area contributed by atoms with Gasteiger partial charge in [-0.15, -0.1) is 0 Å². The highest BCUT2D eigenvalue weighted by atomic mass is 35.5. The van der Waals surface area contributed by atoms with Gasteiger partial charge in [0, 0.05) is 43.8 Å². The highest BCUT2D eigenvalue weighted by Crippen LogP contribution is 2.36. The van der Waals surface area contributed by atoms with Gasteiger partial charge in [0.25, 0.3) is 0 Å². The number of piperidine rings is 3. The molecule has 3 aliphatic rings. The second kappa shape index (κ2) is 15.3. The summed E-state index contributed by atoms with van der Waals surface area (Å²) in [7, 11) is 3.06. The van der Waals surface area contributed by atoms with Crippen molar-refractivity contribution >= 4 is 41.0 Å². The average Bonchev–Trinajstić information content (AvgIpc) is 3.12. The molecule has 11 nitrogen and oxygen atoms in total. The van der Waals surface area contributed by atoms with E-state index in [-0.39, 0.29) is 35.7 Å². The predicted molar refractivity (Wildman–Crippen MR) is 185 cm³/mol. The number of amides is 1. The third kappa shape index (κ3) is 7.85. The Bertz CT molecular complexity index is 1840. The van der Waals surface area contributed by atoms with Gasteiger partial charge in [-0.2, -0.15) is 0 Å². The fourth-order valence-corrected chi connectivity index (χ4v) is 6.85. The van der Waals surface area contributed by atoms with Crippen molar-refractivity contribution in [3.8, 4) is 11.5 Å². The number of aromatic nitrogens is 2. The molecule has 3 fully saturated rings. The number of aromatic amines is 1. The van der Waals surface area contributed by atoms with Crippen LogP contribution in [0.2, 0.25) is 10.0 Å². The molecule has 0 spiro atoms. The van der Waals surface area contributed by atoms with Crippen LogP contribution < -0.4 is 19.8 Å². The molecule has 256 valence electrons. The summed E-state index contributed by atoms with van der Waals surface area (Å²) in [6.45, 7) is 2.76. The van der Waals surface area contributed by atoms with Crippen LogP contribution in [0.4, 0.5) is 10.5 Å². The number of hydrogen-bond donors (Lipinski definition) is 1. The molecule has 4 aromatic rings. The van der Waals surface area contributed by atoms with Crippen molar-refractivity contribution in [2.24, 2.45) is 5.92 Å². The first kappa shape index (κ1) is 34.3. The first-order valence-corrected chi connectivity index (χ1v) is 16.7. The molecular weight excluding hydrogens is 671 g/mol. The number of nitrogens with one attached hydrogen (secondary N) is 1. The molecule has 1 amide bonds. The van der Waals surface area contributed by atoms with E-state index in [0.717, 1.165) is 25.9 Å². The van der Waals surface area contributed by atoms with Crippen molar-refractivity contribution < 1.29 is 28.5 Å². The summed E-state index contributed by atoms with van der Waals surface area (Å²) >= 11 is 12.9. The number of fused-ring (bicyclic) bond motifs is 3. The number of ether oxygens (including phenoxy) is 4. The first-order chi connectivity index (χ1) is 23.7. The Hall–Kier alpha value is -4.58. The number of esters is 1. The van der Waals surface area contributed by atoms with Gasteiger partial charge in [0.15, 0.2) is 11.5 Å². The fourth-order valence-electron chi connectivity index (χ4n) is 6.33. The summed E-state index contributed by atoms with van der Waals surface area (Å²) in [5, 5.41) is 0.680. The van der Waals surface area contributed by atoms with Gasteiger partial charge < -0.3 is 23.9 Å². The molecule has 0 radical (unpaired) electrons. The molecule has 2 bridgehead atoms. The third-order valence-corrected chi connectivity index (χ3v) is 9.72. The highest BCUT2D eigenvalue weighted by Gasteiger charge is 2.37. The molecule has 0 aliphatic carbocycles. The molecule has 49 heavy (non-hydrogen) atoms. The van der Waals surface area contributed by atoms with Gasteiger partial charge >= 0.3 is 12.1 Å². The first-order valence-electron chi connectivity index (χ1n) is 15.9. The molecule has 0 unspecified atom stereocenters. The van der Waals surface area contributed by atoms with Crippen LogP contribution in [0.15, 0.2) is 78.1 Å². The number of nitrogens with zero attached hydrogens (tertiary/aromatic N) is 3. The summed E-state index contributed by atoms with van der Waals surface area (Å²) < 4.78 is 22.9. The Labute approximate surface area is 293 Å². The van der Waals surface area contributed by atoms with Crippen molar-refractivity contribution in [3.63, 3.8) is 0 Å². The van der Waals surface area contributed by atoms with E-state index in [1.165, 1.54) is 50.0 Å². The number of benzene rings is 2. The van der Waals surface area contributed by atoms with Crippen molar-refractivity contribution in [2.45, 2.75) is 38.0 Å². The molecule has 2 atom stereocenters.